The summed E-state index contributed by atoms with van der Waals surface area (Å²) in [5.41, 5.74) is 5.88. The summed E-state index contributed by atoms with van der Waals surface area (Å²) >= 11 is 0. The second-order valence-electron chi connectivity index (χ2n) is 5.49. The van der Waals surface area contributed by atoms with E-state index in [1.807, 2.05) is 13.8 Å². The zero-order valence-electron chi connectivity index (χ0n) is 12.3. The fourth-order valence-corrected chi connectivity index (χ4v) is 2.24. The normalized spacial score (nSPS) is 22.4. The minimum atomic E-state index is -4.22. The number of amides is 1. The molecule has 0 aliphatic carbocycles. The molecule has 1 fully saturated rings. The second-order valence-corrected chi connectivity index (χ2v) is 5.49. The molecule has 0 spiro atoms. The molecule has 1 saturated heterocycles. The van der Waals surface area contributed by atoms with Crippen LogP contribution in [0.25, 0.3) is 0 Å². The first-order chi connectivity index (χ1) is 9.18. The Bertz CT molecular complexity index is 327. The van der Waals surface area contributed by atoms with E-state index >= 15 is 0 Å². The number of nitrogens with two attached hydrogens (primary N) is 1. The van der Waals surface area contributed by atoms with Crippen molar-refractivity contribution in [3.8, 4) is 0 Å². The number of nitrogens with zero attached hydrogens (tertiary/aromatic N) is 2. The highest BCUT2D eigenvalue weighted by Gasteiger charge is 2.41. The van der Waals surface area contributed by atoms with Crippen molar-refractivity contribution in [3.05, 3.63) is 0 Å². The minimum absolute atomic E-state index is 0.0784. The summed E-state index contributed by atoms with van der Waals surface area (Å²) in [6, 6.07) is -2.03. The summed E-state index contributed by atoms with van der Waals surface area (Å²) in [4.78, 5) is 15.1. The molecule has 1 aliphatic rings. The maximum Gasteiger partial charge on any atom is 0.403 e. The molecule has 0 aromatic heterocycles. The first kappa shape index (κ1) is 17.2. The van der Waals surface area contributed by atoms with Gasteiger partial charge in [0.2, 0.25) is 5.91 Å². The zero-order chi connectivity index (χ0) is 15.5. The van der Waals surface area contributed by atoms with E-state index in [1.54, 1.807) is 4.90 Å². The molecule has 0 aromatic rings. The Balaban J connectivity index is 2.52. The molecule has 1 aliphatic heterocycles. The van der Waals surface area contributed by atoms with Crippen LogP contribution in [0.1, 0.15) is 27.2 Å². The van der Waals surface area contributed by atoms with Gasteiger partial charge in [0.25, 0.3) is 0 Å². The summed E-state index contributed by atoms with van der Waals surface area (Å²) in [5, 5.41) is 0. The van der Waals surface area contributed by atoms with Gasteiger partial charge in [-0.05, 0) is 12.8 Å². The lowest BCUT2D eigenvalue weighted by Gasteiger charge is -2.39. The van der Waals surface area contributed by atoms with Gasteiger partial charge in [0, 0.05) is 26.2 Å². The predicted octanol–water partition coefficient (Wildman–Crippen LogP) is 1.45. The average molecular weight is 295 g/mol. The first-order valence-corrected chi connectivity index (χ1v) is 7.03. The summed E-state index contributed by atoms with van der Waals surface area (Å²) in [7, 11) is 0. The molecule has 0 aromatic carbocycles. The van der Waals surface area contributed by atoms with Crippen molar-refractivity contribution in [2.45, 2.75) is 45.5 Å². The Morgan fingerprint density at radius 3 is 2.10 bits per heavy atom. The number of alkyl halides is 3. The van der Waals surface area contributed by atoms with E-state index in [-0.39, 0.29) is 24.9 Å². The summed E-state index contributed by atoms with van der Waals surface area (Å²) < 4.78 is 37.9. The maximum absolute atomic E-state index is 12.6. The van der Waals surface area contributed by atoms with Crippen LogP contribution in [0.4, 0.5) is 13.2 Å². The van der Waals surface area contributed by atoms with Gasteiger partial charge >= 0.3 is 6.18 Å². The van der Waals surface area contributed by atoms with E-state index in [1.165, 1.54) is 4.90 Å². The molecule has 0 radical (unpaired) electrons. The van der Waals surface area contributed by atoms with Crippen LogP contribution in [0.2, 0.25) is 0 Å². The van der Waals surface area contributed by atoms with Crippen LogP contribution in [0.3, 0.4) is 0 Å². The zero-order valence-corrected chi connectivity index (χ0v) is 12.3. The number of halogens is 3. The molecule has 118 valence electrons. The Hall–Kier alpha value is -0.820. The number of carbonyl (C=O) groups excluding carboxylic acids is 1. The van der Waals surface area contributed by atoms with Crippen molar-refractivity contribution >= 4 is 5.91 Å². The Kier molecular flexibility index (Phi) is 5.82. The van der Waals surface area contributed by atoms with Crippen molar-refractivity contribution in [1.29, 1.82) is 0 Å². The smallest absolute Gasteiger partial charge is 0.339 e. The van der Waals surface area contributed by atoms with Gasteiger partial charge in [0.15, 0.2) is 0 Å². The number of hydrogen-bond donors (Lipinski definition) is 1. The van der Waals surface area contributed by atoms with Crippen molar-refractivity contribution < 1.29 is 18.0 Å². The molecular weight excluding hydrogens is 271 g/mol. The van der Waals surface area contributed by atoms with Gasteiger partial charge < -0.3 is 10.6 Å². The topological polar surface area (TPSA) is 49.6 Å². The predicted molar refractivity (Wildman–Crippen MR) is 71.1 cm³/mol. The molecule has 3 unspecified atom stereocenters. The molecule has 0 saturated carbocycles. The highest BCUT2D eigenvalue weighted by atomic mass is 19.4. The van der Waals surface area contributed by atoms with E-state index in [4.69, 9.17) is 5.73 Å². The van der Waals surface area contributed by atoms with Crippen LogP contribution >= 0.6 is 0 Å². The van der Waals surface area contributed by atoms with Crippen LogP contribution in [0.5, 0.6) is 0 Å². The third-order valence-corrected chi connectivity index (χ3v) is 4.19. The van der Waals surface area contributed by atoms with E-state index in [0.717, 1.165) is 13.3 Å². The summed E-state index contributed by atoms with van der Waals surface area (Å²) in [6.45, 7) is 6.11. The van der Waals surface area contributed by atoms with Crippen LogP contribution in [-0.4, -0.2) is 60.1 Å². The fraction of sp³-hybridized carbons (Fsp3) is 0.923. The highest BCUT2D eigenvalue weighted by Crippen LogP contribution is 2.25. The van der Waals surface area contributed by atoms with Crippen molar-refractivity contribution in [1.82, 2.24) is 9.80 Å². The molecular formula is C13H24F3N3O. The summed E-state index contributed by atoms with van der Waals surface area (Å²) in [5.74, 6) is -0.0757. The monoisotopic (exact) mass is 295 g/mol. The third kappa shape index (κ3) is 4.09. The fourth-order valence-electron chi connectivity index (χ4n) is 2.24. The van der Waals surface area contributed by atoms with Gasteiger partial charge in [-0.3, -0.25) is 9.69 Å². The van der Waals surface area contributed by atoms with Crippen LogP contribution in [-0.2, 0) is 4.79 Å². The quantitative estimate of drug-likeness (QED) is 0.854. The van der Waals surface area contributed by atoms with E-state index in [9.17, 15) is 18.0 Å². The molecule has 1 rings (SSSR count). The summed E-state index contributed by atoms with van der Waals surface area (Å²) in [6.07, 6.45) is -3.42. The van der Waals surface area contributed by atoms with Crippen LogP contribution in [0.15, 0.2) is 0 Å². The van der Waals surface area contributed by atoms with Gasteiger partial charge in [-0.1, -0.05) is 20.3 Å². The maximum atomic E-state index is 12.6. The Morgan fingerprint density at radius 2 is 1.70 bits per heavy atom. The number of rotatable bonds is 4. The SMILES string of the molecule is CCC(C)C(N)C(=O)N1CCN(C(C)C(F)(F)F)CC1. The lowest BCUT2D eigenvalue weighted by atomic mass is 9.98. The van der Waals surface area contributed by atoms with E-state index in [0.29, 0.717) is 13.1 Å². The lowest BCUT2D eigenvalue weighted by Crippen LogP contribution is -2.57. The number of piperazine rings is 1. The van der Waals surface area contributed by atoms with Crippen LogP contribution in [0, 0.1) is 5.92 Å². The standard InChI is InChI=1S/C13H24F3N3O/c1-4-9(2)11(17)12(20)19-7-5-18(6-8-19)10(3)13(14,15)16/h9-11H,4-8,17H2,1-3H3. The largest absolute Gasteiger partial charge is 0.403 e. The molecule has 0 bridgehead atoms. The van der Waals surface area contributed by atoms with Gasteiger partial charge in [-0.15, -0.1) is 0 Å². The Labute approximate surface area is 118 Å². The van der Waals surface area contributed by atoms with Gasteiger partial charge in [-0.2, -0.15) is 13.2 Å². The molecule has 1 heterocycles. The van der Waals surface area contributed by atoms with Crippen molar-refractivity contribution in [2.24, 2.45) is 11.7 Å². The van der Waals surface area contributed by atoms with E-state index < -0.39 is 18.3 Å². The molecule has 4 nitrogen and oxygen atoms in total. The average Bonchev–Trinajstić information content (AvgIpc) is 2.43. The lowest BCUT2D eigenvalue weighted by molar-refractivity contribution is -0.183. The molecule has 1 amide bonds. The minimum Gasteiger partial charge on any atom is -0.339 e. The molecule has 2 N–H and O–H groups in total. The second kappa shape index (κ2) is 6.76. The van der Waals surface area contributed by atoms with Crippen molar-refractivity contribution in [3.63, 3.8) is 0 Å². The van der Waals surface area contributed by atoms with Gasteiger partial charge in [0.1, 0.15) is 6.04 Å². The van der Waals surface area contributed by atoms with E-state index in [2.05, 4.69) is 0 Å². The third-order valence-electron chi connectivity index (χ3n) is 4.19. The molecule has 3 atom stereocenters. The van der Waals surface area contributed by atoms with Crippen LogP contribution < -0.4 is 5.73 Å². The Morgan fingerprint density at radius 1 is 1.20 bits per heavy atom. The highest BCUT2D eigenvalue weighted by molar-refractivity contribution is 5.82. The number of hydrogen-bond acceptors (Lipinski definition) is 3. The number of carbonyl (C=O) groups is 1. The molecule has 20 heavy (non-hydrogen) atoms. The first-order valence-electron chi connectivity index (χ1n) is 7.03. The van der Waals surface area contributed by atoms with Crippen molar-refractivity contribution in [2.75, 3.05) is 26.2 Å². The van der Waals surface area contributed by atoms with Gasteiger partial charge in [0.05, 0.1) is 6.04 Å². The molecule has 7 heteroatoms. The van der Waals surface area contributed by atoms with Gasteiger partial charge in [-0.25, -0.2) is 0 Å².